The van der Waals surface area contributed by atoms with Crippen LogP contribution in [0.2, 0.25) is 0 Å². The highest BCUT2D eigenvalue weighted by Gasteiger charge is 2.11. The Hall–Kier alpha value is -2.30. The van der Waals surface area contributed by atoms with Gasteiger partial charge in [0.15, 0.2) is 0 Å². The average Bonchev–Trinajstić information content (AvgIpc) is 2.47. The number of methoxy groups -OCH3 is 1. The van der Waals surface area contributed by atoms with Crippen LogP contribution in [0.15, 0.2) is 30.6 Å². The molecular formula is C14H17N3O2. The van der Waals surface area contributed by atoms with Crippen LogP contribution in [-0.4, -0.2) is 24.1 Å². The lowest BCUT2D eigenvalue weighted by Crippen LogP contribution is -2.02. The van der Waals surface area contributed by atoms with Crippen LogP contribution in [0.4, 0.5) is 5.82 Å². The maximum Gasteiger partial charge on any atom is 0.227 e. The molecule has 0 fully saturated rings. The molecular weight excluding hydrogens is 242 g/mol. The van der Waals surface area contributed by atoms with Crippen molar-refractivity contribution in [2.45, 2.75) is 13.3 Å². The number of nitrogens with one attached hydrogen (secondary N) is 1. The lowest BCUT2D eigenvalue weighted by Gasteiger charge is -2.12. The lowest BCUT2D eigenvalue weighted by molar-refractivity contribution is 0.406. The number of hydrogen-bond donors (Lipinski definition) is 1. The summed E-state index contributed by atoms with van der Waals surface area (Å²) in [6.07, 6.45) is 2.27. The van der Waals surface area contributed by atoms with E-state index in [0.29, 0.717) is 11.6 Å². The number of hydrogen-bond acceptors (Lipinski definition) is 5. The van der Waals surface area contributed by atoms with E-state index in [0.717, 1.165) is 23.6 Å². The van der Waals surface area contributed by atoms with Crippen molar-refractivity contribution in [3.8, 4) is 17.4 Å². The molecule has 2 aromatic rings. The molecule has 0 aliphatic carbocycles. The number of nitrogens with zero attached hydrogens (tertiary/aromatic N) is 2. The van der Waals surface area contributed by atoms with Gasteiger partial charge in [0, 0.05) is 13.1 Å². The Balaban J connectivity index is 2.32. The zero-order valence-corrected chi connectivity index (χ0v) is 11.3. The summed E-state index contributed by atoms with van der Waals surface area (Å²) in [5.74, 6) is 2.79. The SMILES string of the molecule is CCc1c(NC)ncnc1Oc1cccc(OC)c1. The highest BCUT2D eigenvalue weighted by atomic mass is 16.5. The zero-order chi connectivity index (χ0) is 13.7. The monoisotopic (exact) mass is 259 g/mol. The second-order valence-electron chi connectivity index (χ2n) is 3.89. The topological polar surface area (TPSA) is 56.3 Å². The van der Waals surface area contributed by atoms with E-state index in [9.17, 15) is 0 Å². The summed E-state index contributed by atoms with van der Waals surface area (Å²) in [5.41, 5.74) is 0.952. The maximum atomic E-state index is 5.81. The molecule has 0 aliphatic heterocycles. The van der Waals surface area contributed by atoms with Crippen LogP contribution in [0.25, 0.3) is 0 Å². The van der Waals surface area contributed by atoms with E-state index < -0.39 is 0 Å². The van der Waals surface area contributed by atoms with Gasteiger partial charge in [0.25, 0.3) is 0 Å². The molecule has 2 rings (SSSR count). The van der Waals surface area contributed by atoms with Crippen LogP contribution in [0.5, 0.6) is 17.4 Å². The van der Waals surface area contributed by atoms with Crippen molar-refractivity contribution in [3.63, 3.8) is 0 Å². The van der Waals surface area contributed by atoms with Gasteiger partial charge in [-0.15, -0.1) is 0 Å². The van der Waals surface area contributed by atoms with Crippen molar-refractivity contribution in [3.05, 3.63) is 36.2 Å². The molecule has 0 amide bonds. The Morgan fingerprint density at radius 1 is 1.21 bits per heavy atom. The fraction of sp³-hybridized carbons (Fsp3) is 0.286. The maximum absolute atomic E-state index is 5.81. The van der Waals surface area contributed by atoms with Crippen molar-refractivity contribution in [2.75, 3.05) is 19.5 Å². The number of benzene rings is 1. The second kappa shape index (κ2) is 6.04. The first kappa shape index (κ1) is 13.1. The summed E-state index contributed by atoms with van der Waals surface area (Å²) in [4.78, 5) is 8.37. The second-order valence-corrected chi connectivity index (χ2v) is 3.89. The van der Waals surface area contributed by atoms with E-state index in [2.05, 4.69) is 15.3 Å². The molecule has 5 nitrogen and oxygen atoms in total. The minimum absolute atomic E-state index is 0.565. The van der Waals surface area contributed by atoms with Crippen molar-refractivity contribution in [1.82, 2.24) is 9.97 Å². The standard InChI is InChI=1S/C14H17N3O2/c1-4-12-13(15-2)16-9-17-14(12)19-11-7-5-6-10(8-11)18-3/h5-9H,4H2,1-3H3,(H,15,16,17). The molecule has 1 aromatic heterocycles. The Kier molecular flexibility index (Phi) is 4.18. The first-order valence-corrected chi connectivity index (χ1v) is 6.12. The summed E-state index contributed by atoms with van der Waals surface area (Å²) >= 11 is 0. The molecule has 5 heteroatoms. The first-order valence-electron chi connectivity index (χ1n) is 6.12. The summed E-state index contributed by atoms with van der Waals surface area (Å²) < 4.78 is 11.0. The molecule has 1 aromatic carbocycles. The molecule has 0 radical (unpaired) electrons. The summed E-state index contributed by atoms with van der Waals surface area (Å²) in [7, 11) is 3.46. The Morgan fingerprint density at radius 2 is 2.00 bits per heavy atom. The molecule has 0 bridgehead atoms. The number of anilines is 1. The van der Waals surface area contributed by atoms with E-state index in [1.807, 2.05) is 38.2 Å². The summed E-state index contributed by atoms with van der Waals surface area (Å²) in [5, 5.41) is 3.04. The van der Waals surface area contributed by atoms with E-state index in [4.69, 9.17) is 9.47 Å². The molecule has 1 heterocycles. The number of rotatable bonds is 5. The smallest absolute Gasteiger partial charge is 0.227 e. The molecule has 0 unspecified atom stereocenters. The molecule has 0 atom stereocenters. The molecule has 100 valence electrons. The Bertz CT molecular complexity index is 558. The van der Waals surface area contributed by atoms with Gasteiger partial charge in [0.1, 0.15) is 23.6 Å². The molecule has 19 heavy (non-hydrogen) atoms. The minimum Gasteiger partial charge on any atom is -0.497 e. The van der Waals surface area contributed by atoms with Crippen LogP contribution < -0.4 is 14.8 Å². The molecule has 0 saturated heterocycles. The van der Waals surface area contributed by atoms with E-state index >= 15 is 0 Å². The largest absolute Gasteiger partial charge is 0.497 e. The van der Waals surface area contributed by atoms with Gasteiger partial charge < -0.3 is 14.8 Å². The highest BCUT2D eigenvalue weighted by molar-refractivity contribution is 5.49. The quantitative estimate of drug-likeness (QED) is 0.894. The van der Waals surface area contributed by atoms with Crippen molar-refractivity contribution in [1.29, 1.82) is 0 Å². The third-order valence-electron chi connectivity index (χ3n) is 2.75. The average molecular weight is 259 g/mol. The molecule has 0 saturated carbocycles. The fourth-order valence-electron chi connectivity index (χ4n) is 1.79. The van der Waals surface area contributed by atoms with Gasteiger partial charge in [0.2, 0.25) is 5.88 Å². The van der Waals surface area contributed by atoms with Crippen molar-refractivity contribution < 1.29 is 9.47 Å². The van der Waals surface area contributed by atoms with Gasteiger partial charge in [0.05, 0.1) is 12.7 Å². The van der Waals surface area contributed by atoms with Crippen LogP contribution in [0, 0.1) is 0 Å². The minimum atomic E-state index is 0.565. The van der Waals surface area contributed by atoms with Crippen LogP contribution in [-0.2, 0) is 6.42 Å². The summed E-state index contributed by atoms with van der Waals surface area (Å²) in [6.45, 7) is 2.04. The molecule has 1 N–H and O–H groups in total. The highest BCUT2D eigenvalue weighted by Crippen LogP contribution is 2.28. The number of ether oxygens (including phenoxy) is 2. The zero-order valence-electron chi connectivity index (χ0n) is 11.3. The van der Waals surface area contributed by atoms with Crippen LogP contribution >= 0.6 is 0 Å². The van der Waals surface area contributed by atoms with Gasteiger partial charge >= 0.3 is 0 Å². The third kappa shape index (κ3) is 2.93. The van der Waals surface area contributed by atoms with Gasteiger partial charge in [-0.05, 0) is 18.6 Å². The third-order valence-corrected chi connectivity index (χ3v) is 2.75. The van der Waals surface area contributed by atoms with Gasteiger partial charge in [-0.2, -0.15) is 0 Å². The normalized spacial score (nSPS) is 10.1. The van der Waals surface area contributed by atoms with E-state index in [-0.39, 0.29) is 0 Å². The van der Waals surface area contributed by atoms with Gasteiger partial charge in [-0.3, -0.25) is 0 Å². The molecule has 0 spiro atoms. The van der Waals surface area contributed by atoms with Crippen LogP contribution in [0.3, 0.4) is 0 Å². The van der Waals surface area contributed by atoms with Crippen molar-refractivity contribution >= 4 is 5.82 Å². The predicted octanol–water partition coefficient (Wildman–Crippen LogP) is 2.88. The Morgan fingerprint density at radius 3 is 2.68 bits per heavy atom. The van der Waals surface area contributed by atoms with E-state index in [1.165, 1.54) is 6.33 Å². The molecule has 0 aliphatic rings. The lowest BCUT2D eigenvalue weighted by atomic mass is 10.2. The first-order chi connectivity index (χ1) is 9.28. The van der Waals surface area contributed by atoms with Gasteiger partial charge in [-0.25, -0.2) is 9.97 Å². The van der Waals surface area contributed by atoms with Gasteiger partial charge in [-0.1, -0.05) is 13.0 Å². The number of aromatic nitrogens is 2. The predicted molar refractivity (Wildman–Crippen MR) is 74.0 cm³/mol. The Labute approximate surface area is 112 Å². The van der Waals surface area contributed by atoms with E-state index in [1.54, 1.807) is 7.11 Å². The van der Waals surface area contributed by atoms with Crippen molar-refractivity contribution in [2.24, 2.45) is 0 Å². The fourth-order valence-corrected chi connectivity index (χ4v) is 1.79. The summed E-state index contributed by atoms with van der Waals surface area (Å²) in [6, 6.07) is 7.43. The van der Waals surface area contributed by atoms with Crippen LogP contribution in [0.1, 0.15) is 12.5 Å².